The number of benzene rings is 2. The summed E-state index contributed by atoms with van der Waals surface area (Å²) in [5.74, 6) is 0. The first-order valence-electron chi connectivity index (χ1n) is 6.97. The van der Waals surface area contributed by atoms with Crippen molar-refractivity contribution < 1.29 is 8.42 Å². The molecule has 0 amide bonds. The Bertz CT molecular complexity index is 745. The van der Waals surface area contributed by atoms with Crippen LogP contribution in [0, 0.1) is 0 Å². The molecule has 2 aromatic rings. The van der Waals surface area contributed by atoms with Crippen molar-refractivity contribution in [2.24, 2.45) is 0 Å². The van der Waals surface area contributed by atoms with E-state index in [2.05, 4.69) is 20.8 Å². The Morgan fingerprint density at radius 1 is 0.909 bits per heavy atom. The minimum atomic E-state index is -3.58. The van der Waals surface area contributed by atoms with Crippen molar-refractivity contribution in [3.05, 3.63) is 59.1 Å². The number of hydrogen-bond donors (Lipinski definition) is 0. The van der Waals surface area contributed by atoms with E-state index in [1.54, 1.807) is 36.4 Å². The molecule has 0 aromatic heterocycles. The van der Waals surface area contributed by atoms with Crippen molar-refractivity contribution in [1.82, 2.24) is 0 Å². The van der Waals surface area contributed by atoms with Crippen LogP contribution in [-0.4, -0.2) is 15.5 Å². The van der Waals surface area contributed by atoms with Crippen LogP contribution in [0.15, 0.2) is 53.4 Å². The van der Waals surface area contributed by atoms with E-state index in [0.717, 1.165) is 5.56 Å². The molecule has 0 saturated carbocycles. The number of halogens is 1. The van der Waals surface area contributed by atoms with Gasteiger partial charge >= 0.3 is 0 Å². The van der Waals surface area contributed by atoms with Gasteiger partial charge in [0.2, 0.25) is 0 Å². The van der Waals surface area contributed by atoms with E-state index < -0.39 is 10.0 Å². The summed E-state index contributed by atoms with van der Waals surface area (Å²) in [5.41, 5.74) is 1.66. The van der Waals surface area contributed by atoms with E-state index in [4.69, 9.17) is 11.6 Å². The second-order valence-electron chi connectivity index (χ2n) is 6.22. The molecular formula is C17H20ClNO2S. The van der Waals surface area contributed by atoms with Crippen LogP contribution in [0.3, 0.4) is 0 Å². The van der Waals surface area contributed by atoms with E-state index >= 15 is 0 Å². The molecule has 0 bridgehead atoms. The SMILES string of the molecule is CN(c1ccc(Cl)cc1)S(=O)(=O)c1ccc(C(C)(C)C)cc1. The van der Waals surface area contributed by atoms with Crippen LogP contribution in [0.5, 0.6) is 0 Å². The zero-order valence-electron chi connectivity index (χ0n) is 13.2. The molecule has 118 valence electrons. The molecular weight excluding hydrogens is 318 g/mol. The van der Waals surface area contributed by atoms with E-state index in [0.29, 0.717) is 10.7 Å². The third-order valence-electron chi connectivity index (χ3n) is 3.57. The summed E-state index contributed by atoms with van der Waals surface area (Å²) in [7, 11) is -2.04. The Balaban J connectivity index is 2.35. The van der Waals surface area contributed by atoms with Crippen molar-refractivity contribution in [2.45, 2.75) is 31.1 Å². The largest absolute Gasteiger partial charge is 0.269 e. The monoisotopic (exact) mass is 337 g/mol. The molecule has 0 heterocycles. The van der Waals surface area contributed by atoms with Crippen molar-refractivity contribution in [1.29, 1.82) is 0 Å². The third kappa shape index (κ3) is 3.45. The predicted molar refractivity (Wildman–Crippen MR) is 92.2 cm³/mol. The molecule has 0 N–H and O–H groups in total. The molecule has 0 saturated heterocycles. The molecule has 3 nitrogen and oxygen atoms in total. The fraction of sp³-hybridized carbons (Fsp3) is 0.294. The lowest BCUT2D eigenvalue weighted by molar-refractivity contribution is 0.586. The highest BCUT2D eigenvalue weighted by Crippen LogP contribution is 2.26. The number of sulfonamides is 1. The summed E-state index contributed by atoms with van der Waals surface area (Å²) in [4.78, 5) is 0.276. The second-order valence-corrected chi connectivity index (χ2v) is 8.63. The average molecular weight is 338 g/mol. The van der Waals surface area contributed by atoms with Gasteiger partial charge in [-0.15, -0.1) is 0 Å². The van der Waals surface area contributed by atoms with Gasteiger partial charge in [0.05, 0.1) is 10.6 Å². The molecule has 5 heteroatoms. The Kier molecular flexibility index (Phi) is 4.54. The molecule has 0 spiro atoms. The first-order valence-corrected chi connectivity index (χ1v) is 8.79. The highest BCUT2D eigenvalue weighted by Gasteiger charge is 2.22. The van der Waals surface area contributed by atoms with Gasteiger partial charge in [-0.25, -0.2) is 8.42 Å². The van der Waals surface area contributed by atoms with Gasteiger partial charge in [0, 0.05) is 12.1 Å². The highest BCUT2D eigenvalue weighted by molar-refractivity contribution is 7.92. The van der Waals surface area contributed by atoms with Crippen LogP contribution in [0.1, 0.15) is 26.3 Å². The molecule has 2 rings (SSSR count). The van der Waals surface area contributed by atoms with E-state index in [1.807, 2.05) is 12.1 Å². The highest BCUT2D eigenvalue weighted by atomic mass is 35.5. The maximum atomic E-state index is 12.7. The molecule has 0 aliphatic rings. The average Bonchev–Trinajstić information content (AvgIpc) is 2.46. The minimum absolute atomic E-state index is 0.00955. The number of hydrogen-bond acceptors (Lipinski definition) is 2. The lowest BCUT2D eigenvalue weighted by Gasteiger charge is -2.22. The summed E-state index contributed by atoms with van der Waals surface area (Å²) in [6.45, 7) is 6.28. The Labute approximate surface area is 137 Å². The zero-order chi connectivity index (χ0) is 16.5. The quantitative estimate of drug-likeness (QED) is 0.829. The molecule has 0 atom stereocenters. The van der Waals surface area contributed by atoms with Crippen LogP contribution in [0.2, 0.25) is 5.02 Å². The second kappa shape index (κ2) is 5.94. The molecule has 22 heavy (non-hydrogen) atoms. The molecule has 0 unspecified atom stereocenters. The predicted octanol–water partition coefficient (Wildman–Crippen LogP) is 4.46. The summed E-state index contributed by atoms with van der Waals surface area (Å²) < 4.78 is 26.6. The summed E-state index contributed by atoms with van der Waals surface area (Å²) in [5, 5.41) is 0.573. The molecule has 0 aliphatic carbocycles. The van der Waals surface area contributed by atoms with E-state index in [-0.39, 0.29) is 10.3 Å². The van der Waals surface area contributed by atoms with Crippen molar-refractivity contribution in [3.63, 3.8) is 0 Å². The zero-order valence-corrected chi connectivity index (χ0v) is 14.7. The van der Waals surface area contributed by atoms with Gasteiger partial charge in [-0.3, -0.25) is 4.31 Å². The Morgan fingerprint density at radius 2 is 1.41 bits per heavy atom. The topological polar surface area (TPSA) is 37.4 Å². The van der Waals surface area contributed by atoms with Gasteiger partial charge in [0.1, 0.15) is 0 Å². The lowest BCUT2D eigenvalue weighted by atomic mass is 9.87. The molecule has 2 aromatic carbocycles. The van der Waals surface area contributed by atoms with Crippen LogP contribution in [0.4, 0.5) is 5.69 Å². The van der Waals surface area contributed by atoms with Crippen molar-refractivity contribution >= 4 is 27.3 Å². The van der Waals surface area contributed by atoms with Crippen LogP contribution in [-0.2, 0) is 15.4 Å². The van der Waals surface area contributed by atoms with Gasteiger partial charge < -0.3 is 0 Å². The van der Waals surface area contributed by atoms with Gasteiger partial charge in [-0.05, 0) is 47.4 Å². The summed E-state index contributed by atoms with van der Waals surface area (Å²) in [6, 6.07) is 13.7. The lowest BCUT2D eigenvalue weighted by Crippen LogP contribution is -2.26. The van der Waals surface area contributed by atoms with Gasteiger partial charge in [0.25, 0.3) is 10.0 Å². The fourth-order valence-electron chi connectivity index (χ4n) is 2.07. The molecule has 0 aliphatic heterocycles. The Morgan fingerprint density at radius 3 is 1.86 bits per heavy atom. The van der Waals surface area contributed by atoms with E-state index in [9.17, 15) is 8.42 Å². The molecule has 0 radical (unpaired) electrons. The first-order chi connectivity index (χ1) is 10.1. The maximum absolute atomic E-state index is 12.7. The summed E-state index contributed by atoms with van der Waals surface area (Å²) in [6.07, 6.45) is 0. The first kappa shape index (κ1) is 16.8. The third-order valence-corrected chi connectivity index (χ3v) is 5.62. The van der Waals surface area contributed by atoms with Gasteiger partial charge in [-0.1, -0.05) is 44.5 Å². The van der Waals surface area contributed by atoms with Crippen molar-refractivity contribution in [3.8, 4) is 0 Å². The van der Waals surface area contributed by atoms with Crippen molar-refractivity contribution in [2.75, 3.05) is 11.4 Å². The number of nitrogens with zero attached hydrogens (tertiary/aromatic N) is 1. The minimum Gasteiger partial charge on any atom is -0.269 e. The fourth-order valence-corrected chi connectivity index (χ4v) is 3.40. The smallest absolute Gasteiger partial charge is 0.264 e. The van der Waals surface area contributed by atoms with Gasteiger partial charge in [-0.2, -0.15) is 0 Å². The van der Waals surface area contributed by atoms with Gasteiger partial charge in [0.15, 0.2) is 0 Å². The van der Waals surface area contributed by atoms with E-state index in [1.165, 1.54) is 11.4 Å². The van der Waals surface area contributed by atoms with Crippen LogP contribution >= 0.6 is 11.6 Å². The Hall–Kier alpha value is -1.52. The summed E-state index contributed by atoms with van der Waals surface area (Å²) >= 11 is 5.84. The number of rotatable bonds is 3. The van der Waals surface area contributed by atoms with Crippen LogP contribution in [0.25, 0.3) is 0 Å². The van der Waals surface area contributed by atoms with Crippen LogP contribution < -0.4 is 4.31 Å². The maximum Gasteiger partial charge on any atom is 0.264 e. The standard InChI is InChI=1S/C17H20ClNO2S/c1-17(2,3)13-5-11-16(12-6-13)22(20,21)19(4)15-9-7-14(18)8-10-15/h5-12H,1-4H3. The number of anilines is 1. The molecule has 0 fully saturated rings. The normalized spacial score (nSPS) is 12.2.